The second kappa shape index (κ2) is 16.7. The fourth-order valence-electron chi connectivity index (χ4n) is 6.84. The number of likely N-dealkylation sites (tertiary alicyclic amines) is 1. The zero-order valence-corrected chi connectivity index (χ0v) is 31.0. The summed E-state index contributed by atoms with van der Waals surface area (Å²) in [6.07, 6.45) is 5.26. The maximum absolute atomic E-state index is 12.4. The van der Waals surface area contributed by atoms with E-state index in [0.717, 1.165) is 90.0 Å². The Hall–Kier alpha value is -4.81. The van der Waals surface area contributed by atoms with Gasteiger partial charge in [0.05, 0.1) is 0 Å². The summed E-state index contributed by atoms with van der Waals surface area (Å²) in [4.78, 5) is 47.1. The van der Waals surface area contributed by atoms with Crippen molar-refractivity contribution < 1.29 is 43.6 Å². The van der Waals surface area contributed by atoms with Crippen molar-refractivity contribution in [3.05, 3.63) is 100 Å². The van der Waals surface area contributed by atoms with Gasteiger partial charge in [-0.1, -0.05) is 42.5 Å². The number of nitrogens with zero attached hydrogens (tertiary/aromatic N) is 2. The molecule has 0 saturated carbocycles. The molecule has 2 fully saturated rings. The Morgan fingerprint density at radius 2 is 1.63 bits per heavy atom. The first-order valence-corrected chi connectivity index (χ1v) is 18.2. The molecule has 3 aromatic rings. The van der Waals surface area contributed by atoms with E-state index in [1.54, 1.807) is 0 Å². The van der Waals surface area contributed by atoms with Crippen LogP contribution in [0.25, 0.3) is 0 Å². The summed E-state index contributed by atoms with van der Waals surface area (Å²) >= 11 is 1.06. The highest BCUT2D eigenvalue weighted by atomic mass is 32.2. The molecule has 0 radical (unpaired) electrons. The molecule has 3 aliphatic rings. The van der Waals surface area contributed by atoms with Crippen LogP contribution in [0.1, 0.15) is 64.8 Å². The van der Waals surface area contributed by atoms with Crippen LogP contribution in [0.5, 0.6) is 17.2 Å². The minimum Gasteiger partial charge on any atom is -0.492 e. The monoisotopic (exact) mass is 730 g/mol. The van der Waals surface area contributed by atoms with Gasteiger partial charge in [0.15, 0.2) is 0 Å². The number of benzene rings is 3. The molecule has 2 saturated heterocycles. The SMILES string of the molecule is Cc1c(C)c2c(c(C)c1OCc1ccccc1)CCC(C)(CN1CCC[C@H]1COc1ccc(C3SC(=O)N(C)C3=O)cc1)O2.O=C(O)/C=C\C(=O)O. The normalized spacial score (nSPS) is 21.4. The first-order chi connectivity index (χ1) is 24.8. The molecule has 6 rings (SSSR count). The maximum Gasteiger partial charge on any atom is 0.328 e. The smallest absolute Gasteiger partial charge is 0.328 e. The van der Waals surface area contributed by atoms with Crippen LogP contribution in [0.3, 0.4) is 0 Å². The molecule has 0 bridgehead atoms. The molecule has 3 aromatic carbocycles. The first-order valence-electron chi connectivity index (χ1n) is 17.3. The lowest BCUT2D eigenvalue weighted by atomic mass is 9.86. The van der Waals surface area contributed by atoms with Gasteiger partial charge in [0, 0.05) is 37.3 Å². The van der Waals surface area contributed by atoms with Gasteiger partial charge in [-0.25, -0.2) is 9.59 Å². The van der Waals surface area contributed by atoms with E-state index in [-0.39, 0.29) is 16.7 Å². The molecule has 2 amide bonds. The van der Waals surface area contributed by atoms with E-state index < -0.39 is 17.2 Å². The highest BCUT2D eigenvalue weighted by Crippen LogP contribution is 2.45. The van der Waals surface area contributed by atoms with E-state index >= 15 is 0 Å². The van der Waals surface area contributed by atoms with Gasteiger partial charge in [-0.3, -0.25) is 19.4 Å². The number of carbonyl (C=O) groups is 4. The summed E-state index contributed by atoms with van der Waals surface area (Å²) in [6, 6.07) is 18.2. The highest BCUT2D eigenvalue weighted by molar-refractivity contribution is 8.14. The molecule has 3 aliphatic heterocycles. The highest BCUT2D eigenvalue weighted by Gasteiger charge is 2.40. The van der Waals surface area contributed by atoms with Gasteiger partial charge in [-0.2, -0.15) is 0 Å². The fraction of sp³-hybridized carbons (Fsp3) is 0.400. The molecule has 0 spiro atoms. The number of hydrogen-bond acceptors (Lipinski definition) is 9. The Labute approximate surface area is 308 Å². The van der Waals surface area contributed by atoms with Crippen LogP contribution in [-0.2, 0) is 27.4 Å². The van der Waals surface area contributed by atoms with Crippen molar-refractivity contribution in [2.45, 2.75) is 76.9 Å². The maximum atomic E-state index is 12.4. The van der Waals surface area contributed by atoms with Crippen LogP contribution < -0.4 is 14.2 Å². The topological polar surface area (TPSA) is 143 Å². The molecule has 2 N–H and O–H groups in total. The number of carbonyl (C=O) groups excluding carboxylic acids is 2. The Morgan fingerprint density at radius 3 is 2.25 bits per heavy atom. The van der Waals surface area contributed by atoms with Gasteiger partial charge < -0.3 is 24.4 Å². The fourth-order valence-corrected chi connectivity index (χ4v) is 7.84. The van der Waals surface area contributed by atoms with Crippen molar-refractivity contribution in [2.75, 3.05) is 26.7 Å². The van der Waals surface area contributed by atoms with E-state index in [1.807, 2.05) is 42.5 Å². The summed E-state index contributed by atoms with van der Waals surface area (Å²) < 4.78 is 19.5. The molecule has 12 heteroatoms. The summed E-state index contributed by atoms with van der Waals surface area (Å²) in [6.45, 7) is 11.8. The summed E-state index contributed by atoms with van der Waals surface area (Å²) in [5.74, 6) is 0.0984. The Balaban J connectivity index is 0.000000587. The number of fused-ring (bicyclic) bond motifs is 1. The van der Waals surface area contributed by atoms with Crippen LogP contribution in [0.2, 0.25) is 0 Å². The lowest BCUT2D eigenvalue weighted by molar-refractivity contribution is -0.134. The van der Waals surface area contributed by atoms with Crippen molar-refractivity contribution in [3.8, 4) is 17.2 Å². The number of hydrogen-bond donors (Lipinski definition) is 2. The van der Waals surface area contributed by atoms with Crippen LogP contribution in [0.15, 0.2) is 66.7 Å². The van der Waals surface area contributed by atoms with Crippen LogP contribution in [0, 0.1) is 20.8 Å². The number of carboxylic acids is 2. The first kappa shape index (κ1) is 38.4. The number of imide groups is 1. The Morgan fingerprint density at radius 1 is 0.962 bits per heavy atom. The van der Waals surface area contributed by atoms with Gasteiger partial charge in [0.25, 0.3) is 5.24 Å². The summed E-state index contributed by atoms with van der Waals surface area (Å²) in [5, 5.41) is 14.9. The second-order valence-corrected chi connectivity index (χ2v) is 14.7. The van der Waals surface area contributed by atoms with Crippen molar-refractivity contribution >= 4 is 34.8 Å². The average Bonchev–Trinajstić information content (AvgIpc) is 3.67. The van der Waals surface area contributed by atoms with Crippen molar-refractivity contribution in [1.29, 1.82) is 0 Å². The van der Waals surface area contributed by atoms with Crippen molar-refractivity contribution in [3.63, 3.8) is 0 Å². The standard InChI is InChI=1S/C36H42N2O5S.C4H4O4/c1-23-24(2)32-30(25(3)31(23)42-20-26-10-7-6-8-11-26)17-18-36(4,43-32)22-38-19-9-12-28(38)21-41-29-15-13-27(14-16-29)33-34(39)37(5)35(40)44-33;5-3(6)1-2-4(7)8/h6-8,10-11,13-16,28,33H,9,12,17-22H2,1-5H3;1-2H,(H,5,6)(H,7,8)/b;2-1-/t28-,33?,36?;/m0./s1. The van der Waals surface area contributed by atoms with Gasteiger partial charge in [0.2, 0.25) is 5.91 Å². The van der Waals surface area contributed by atoms with Gasteiger partial charge in [-0.15, -0.1) is 0 Å². The number of thioether (sulfide) groups is 1. The average molecular weight is 731 g/mol. The Bertz CT molecular complexity index is 1810. The van der Waals surface area contributed by atoms with Gasteiger partial charge in [-0.05, 0) is 112 Å². The van der Waals surface area contributed by atoms with Crippen molar-refractivity contribution in [1.82, 2.24) is 9.80 Å². The number of likely N-dealkylation sites (N-methyl/N-ethyl adjacent to an activating group) is 1. The molecule has 11 nitrogen and oxygen atoms in total. The molecule has 52 heavy (non-hydrogen) atoms. The van der Waals surface area contributed by atoms with E-state index in [0.29, 0.717) is 31.4 Å². The summed E-state index contributed by atoms with van der Waals surface area (Å²) in [7, 11) is 1.53. The Kier molecular flexibility index (Phi) is 12.3. The molecule has 2 unspecified atom stereocenters. The van der Waals surface area contributed by atoms with Crippen LogP contribution >= 0.6 is 11.8 Å². The van der Waals surface area contributed by atoms with E-state index in [4.69, 9.17) is 24.4 Å². The molecule has 3 heterocycles. The predicted molar refractivity (Wildman–Crippen MR) is 198 cm³/mol. The van der Waals surface area contributed by atoms with Crippen LogP contribution in [0.4, 0.5) is 4.79 Å². The molecule has 3 atom stereocenters. The molecule has 0 aromatic heterocycles. The second-order valence-electron chi connectivity index (χ2n) is 13.7. The molecule has 276 valence electrons. The minimum atomic E-state index is -1.26. The van der Waals surface area contributed by atoms with E-state index in [2.05, 4.69) is 44.7 Å². The third-order valence-corrected chi connectivity index (χ3v) is 11.1. The molecule has 0 aliphatic carbocycles. The van der Waals surface area contributed by atoms with E-state index in [1.165, 1.54) is 23.1 Å². The molecular formula is C40H46N2O9S. The lowest BCUT2D eigenvalue weighted by Gasteiger charge is -2.41. The zero-order valence-electron chi connectivity index (χ0n) is 30.2. The number of aliphatic carboxylic acids is 2. The summed E-state index contributed by atoms with van der Waals surface area (Å²) in [5.41, 5.74) is 6.47. The largest absolute Gasteiger partial charge is 0.492 e. The number of ether oxygens (including phenoxy) is 3. The number of carboxylic acid groups (broad SMARTS) is 2. The predicted octanol–water partition coefficient (Wildman–Crippen LogP) is 6.90. The number of amides is 2. The number of rotatable bonds is 11. The van der Waals surface area contributed by atoms with Gasteiger partial charge in [0.1, 0.15) is 41.3 Å². The minimum absolute atomic E-state index is 0.173. The van der Waals surface area contributed by atoms with E-state index in [9.17, 15) is 19.2 Å². The quantitative estimate of drug-likeness (QED) is 0.199. The molecular weight excluding hydrogens is 685 g/mol. The van der Waals surface area contributed by atoms with Crippen molar-refractivity contribution in [2.24, 2.45) is 0 Å². The third-order valence-electron chi connectivity index (χ3n) is 9.87. The third kappa shape index (κ3) is 9.15. The van der Waals surface area contributed by atoms with Gasteiger partial charge >= 0.3 is 11.9 Å². The lowest BCUT2D eigenvalue weighted by Crippen LogP contribution is -2.50. The zero-order chi connectivity index (χ0) is 37.6. The van der Waals surface area contributed by atoms with Crippen LogP contribution in [-0.4, -0.2) is 81.5 Å².